The summed E-state index contributed by atoms with van der Waals surface area (Å²) >= 11 is 0. The van der Waals surface area contributed by atoms with Crippen LogP contribution in [0.1, 0.15) is 18.9 Å². The summed E-state index contributed by atoms with van der Waals surface area (Å²) in [6, 6.07) is 11.3. The van der Waals surface area contributed by atoms with Gasteiger partial charge in [-0.2, -0.15) is 0 Å². The van der Waals surface area contributed by atoms with Crippen molar-refractivity contribution < 1.29 is 5.11 Å². The third-order valence-electron chi connectivity index (χ3n) is 2.81. The Morgan fingerprint density at radius 3 is 2.78 bits per heavy atom. The monoisotopic (exact) mass is 242 g/mol. The largest absolute Gasteiger partial charge is 0.508 e. The van der Waals surface area contributed by atoms with E-state index >= 15 is 0 Å². The van der Waals surface area contributed by atoms with Crippen molar-refractivity contribution in [2.24, 2.45) is 5.73 Å². The first-order valence-electron chi connectivity index (χ1n) is 6.13. The molecule has 94 valence electrons. The molecule has 0 bridgehead atoms. The van der Waals surface area contributed by atoms with Gasteiger partial charge in [-0.15, -0.1) is 0 Å². The average Bonchev–Trinajstić information content (AvgIpc) is 2.38. The van der Waals surface area contributed by atoms with E-state index in [2.05, 4.69) is 12.2 Å². The normalized spacial score (nSPS) is 11.7. The van der Waals surface area contributed by atoms with Gasteiger partial charge in [-0.3, -0.25) is 0 Å². The summed E-state index contributed by atoms with van der Waals surface area (Å²) in [6.45, 7) is 3.02. The second-order valence-corrected chi connectivity index (χ2v) is 4.30. The molecule has 0 aliphatic heterocycles. The Kier molecular flexibility index (Phi) is 3.72. The molecule has 0 aromatic heterocycles. The molecular weight excluding hydrogens is 224 g/mol. The second kappa shape index (κ2) is 5.45. The van der Waals surface area contributed by atoms with Crippen molar-refractivity contribution in [3.05, 3.63) is 48.2 Å². The molecule has 2 aromatic carbocycles. The van der Waals surface area contributed by atoms with E-state index in [9.17, 15) is 5.11 Å². The molecule has 0 heterocycles. The Labute approximate surface area is 107 Å². The Morgan fingerprint density at radius 1 is 1.22 bits per heavy atom. The van der Waals surface area contributed by atoms with Crippen LogP contribution in [0.15, 0.2) is 42.6 Å². The third kappa shape index (κ3) is 2.74. The number of nitrogens with two attached hydrogens (primary N) is 1. The van der Waals surface area contributed by atoms with Crippen molar-refractivity contribution in [3.63, 3.8) is 0 Å². The molecule has 0 atom stereocenters. The zero-order chi connectivity index (χ0) is 13.0. The summed E-state index contributed by atoms with van der Waals surface area (Å²) in [5, 5.41) is 14.7. The molecule has 18 heavy (non-hydrogen) atoms. The maximum Gasteiger partial charge on any atom is 0.116 e. The summed E-state index contributed by atoms with van der Waals surface area (Å²) < 4.78 is 0. The highest BCUT2D eigenvalue weighted by Gasteiger charge is 2.00. The first-order valence-corrected chi connectivity index (χ1v) is 6.13. The van der Waals surface area contributed by atoms with Crippen LogP contribution in [0.2, 0.25) is 0 Å². The molecule has 0 saturated carbocycles. The first-order chi connectivity index (χ1) is 8.70. The molecule has 0 aliphatic rings. The van der Waals surface area contributed by atoms with Gasteiger partial charge in [0.05, 0.1) is 5.70 Å². The fourth-order valence-electron chi connectivity index (χ4n) is 1.82. The van der Waals surface area contributed by atoms with E-state index < -0.39 is 0 Å². The highest BCUT2D eigenvalue weighted by molar-refractivity contribution is 5.87. The summed E-state index contributed by atoms with van der Waals surface area (Å²) in [5.41, 5.74) is 7.66. The van der Waals surface area contributed by atoms with Gasteiger partial charge in [0.25, 0.3) is 0 Å². The molecule has 4 N–H and O–H groups in total. The van der Waals surface area contributed by atoms with Gasteiger partial charge >= 0.3 is 0 Å². The van der Waals surface area contributed by atoms with Crippen LogP contribution in [0.25, 0.3) is 16.5 Å². The lowest BCUT2D eigenvalue weighted by atomic mass is 10.1. The number of phenolic OH excluding ortho intramolecular Hbond substituents is 1. The summed E-state index contributed by atoms with van der Waals surface area (Å²) in [5.74, 6) is 0.270. The zero-order valence-electron chi connectivity index (χ0n) is 10.5. The summed E-state index contributed by atoms with van der Waals surface area (Å²) in [7, 11) is 0. The van der Waals surface area contributed by atoms with Gasteiger partial charge in [-0.05, 0) is 41.0 Å². The Balaban J connectivity index is 2.31. The Morgan fingerprint density at radius 2 is 2.00 bits per heavy atom. The van der Waals surface area contributed by atoms with E-state index in [0.717, 1.165) is 29.3 Å². The van der Waals surface area contributed by atoms with Crippen LogP contribution in [0.4, 0.5) is 0 Å². The number of fused-ring (bicyclic) bond motifs is 1. The molecule has 3 nitrogen and oxygen atoms in total. The minimum atomic E-state index is 0.270. The SMILES string of the molecule is CCCN/C=C(\N)c1ccc2ccc(O)cc2c1. The van der Waals surface area contributed by atoms with E-state index in [4.69, 9.17) is 5.73 Å². The zero-order valence-corrected chi connectivity index (χ0v) is 10.5. The van der Waals surface area contributed by atoms with E-state index in [-0.39, 0.29) is 5.75 Å². The summed E-state index contributed by atoms with van der Waals surface area (Å²) in [4.78, 5) is 0. The number of nitrogens with one attached hydrogen (secondary N) is 1. The molecule has 0 radical (unpaired) electrons. The van der Waals surface area contributed by atoms with Crippen LogP contribution in [-0.4, -0.2) is 11.7 Å². The van der Waals surface area contributed by atoms with Crippen molar-refractivity contribution in [2.75, 3.05) is 6.54 Å². The van der Waals surface area contributed by atoms with E-state index in [1.807, 2.05) is 30.5 Å². The van der Waals surface area contributed by atoms with Crippen molar-refractivity contribution in [1.82, 2.24) is 5.32 Å². The average molecular weight is 242 g/mol. The first kappa shape index (κ1) is 12.3. The fourth-order valence-corrected chi connectivity index (χ4v) is 1.82. The predicted octanol–water partition coefficient (Wildman–Crippen LogP) is 2.80. The van der Waals surface area contributed by atoms with Crippen LogP contribution in [0.3, 0.4) is 0 Å². The van der Waals surface area contributed by atoms with E-state index in [1.54, 1.807) is 12.1 Å². The molecule has 0 saturated heterocycles. The number of benzene rings is 2. The van der Waals surface area contributed by atoms with Crippen molar-refractivity contribution in [2.45, 2.75) is 13.3 Å². The number of hydrogen-bond donors (Lipinski definition) is 3. The van der Waals surface area contributed by atoms with Crippen LogP contribution in [-0.2, 0) is 0 Å². The number of aromatic hydroxyl groups is 1. The van der Waals surface area contributed by atoms with Crippen molar-refractivity contribution in [1.29, 1.82) is 0 Å². The van der Waals surface area contributed by atoms with Gasteiger partial charge < -0.3 is 16.2 Å². The summed E-state index contributed by atoms with van der Waals surface area (Å²) in [6.07, 6.45) is 2.89. The van der Waals surface area contributed by atoms with Gasteiger partial charge in [0.2, 0.25) is 0 Å². The molecule has 0 spiro atoms. The molecule has 2 aromatic rings. The highest BCUT2D eigenvalue weighted by Crippen LogP contribution is 2.22. The van der Waals surface area contributed by atoms with Gasteiger partial charge in [0.15, 0.2) is 0 Å². The maximum absolute atomic E-state index is 9.47. The Bertz CT molecular complexity index is 576. The van der Waals surface area contributed by atoms with Gasteiger partial charge in [0, 0.05) is 12.7 Å². The number of hydrogen-bond acceptors (Lipinski definition) is 3. The molecule has 0 amide bonds. The van der Waals surface area contributed by atoms with Crippen LogP contribution in [0, 0.1) is 0 Å². The topological polar surface area (TPSA) is 58.3 Å². The predicted molar refractivity (Wildman–Crippen MR) is 76.1 cm³/mol. The van der Waals surface area contributed by atoms with Crippen LogP contribution < -0.4 is 11.1 Å². The smallest absolute Gasteiger partial charge is 0.116 e. The van der Waals surface area contributed by atoms with Gasteiger partial charge in [-0.1, -0.05) is 25.1 Å². The standard InChI is InChI=1S/C15H18N2O/c1-2-7-17-10-15(16)12-4-3-11-5-6-14(18)9-13(11)8-12/h3-6,8-10,17-18H,2,7,16H2,1H3/b15-10-. The van der Waals surface area contributed by atoms with Crippen molar-refractivity contribution >= 4 is 16.5 Å². The van der Waals surface area contributed by atoms with Crippen LogP contribution >= 0.6 is 0 Å². The Hall–Kier alpha value is -2.16. The highest BCUT2D eigenvalue weighted by atomic mass is 16.3. The molecule has 2 rings (SSSR count). The minimum Gasteiger partial charge on any atom is -0.508 e. The number of phenols is 1. The fraction of sp³-hybridized carbons (Fsp3) is 0.200. The van der Waals surface area contributed by atoms with Crippen LogP contribution in [0.5, 0.6) is 5.75 Å². The van der Waals surface area contributed by atoms with E-state index in [0.29, 0.717) is 5.70 Å². The third-order valence-corrected chi connectivity index (χ3v) is 2.81. The molecule has 0 fully saturated rings. The van der Waals surface area contributed by atoms with Gasteiger partial charge in [-0.25, -0.2) is 0 Å². The number of rotatable bonds is 4. The quantitative estimate of drug-likeness (QED) is 0.722. The lowest BCUT2D eigenvalue weighted by Crippen LogP contribution is -2.09. The van der Waals surface area contributed by atoms with Gasteiger partial charge in [0.1, 0.15) is 5.75 Å². The molecule has 3 heteroatoms. The second-order valence-electron chi connectivity index (χ2n) is 4.30. The lowest BCUT2D eigenvalue weighted by Gasteiger charge is -2.06. The molecular formula is C15H18N2O. The molecule has 0 aliphatic carbocycles. The molecule has 0 unspecified atom stereocenters. The van der Waals surface area contributed by atoms with Crippen molar-refractivity contribution in [3.8, 4) is 5.75 Å². The maximum atomic E-state index is 9.47. The lowest BCUT2D eigenvalue weighted by molar-refractivity contribution is 0.476. The minimum absolute atomic E-state index is 0.270. The van der Waals surface area contributed by atoms with E-state index in [1.165, 1.54) is 0 Å².